The number of hydrogen-bond acceptors (Lipinski definition) is 4. The first-order valence-corrected chi connectivity index (χ1v) is 9.20. The minimum Gasteiger partial charge on any atom is -0.508 e. The lowest BCUT2D eigenvalue weighted by Crippen LogP contribution is -2.49. The molecule has 1 unspecified atom stereocenters. The van der Waals surface area contributed by atoms with Crippen LogP contribution in [-0.4, -0.2) is 48.6 Å². The van der Waals surface area contributed by atoms with E-state index in [2.05, 4.69) is 15.1 Å². The smallest absolute Gasteiger partial charge is 0.234 e. The Morgan fingerprint density at radius 3 is 2.31 bits per heavy atom. The SMILES string of the molecule is CC(NC(=O)CN1CCN(c2ccc(O)cc2)CC1)c1ccc(Cl)cc1. The number of carbonyl (C=O) groups excluding carboxylic acids is 1. The van der Waals surface area contributed by atoms with Crippen LogP contribution < -0.4 is 10.2 Å². The monoisotopic (exact) mass is 373 g/mol. The first-order valence-electron chi connectivity index (χ1n) is 8.82. The number of phenols is 1. The molecule has 0 spiro atoms. The molecule has 6 heteroatoms. The second kappa shape index (κ2) is 8.43. The molecule has 0 bridgehead atoms. The Balaban J connectivity index is 1.45. The zero-order valence-corrected chi connectivity index (χ0v) is 15.6. The number of rotatable bonds is 5. The minimum atomic E-state index is -0.0435. The fourth-order valence-corrected chi connectivity index (χ4v) is 3.28. The van der Waals surface area contributed by atoms with Crippen LogP contribution in [0.4, 0.5) is 5.69 Å². The molecule has 2 aromatic rings. The Morgan fingerprint density at radius 2 is 1.69 bits per heavy atom. The van der Waals surface area contributed by atoms with Crippen molar-refractivity contribution in [3.63, 3.8) is 0 Å². The highest BCUT2D eigenvalue weighted by Crippen LogP contribution is 2.20. The van der Waals surface area contributed by atoms with Gasteiger partial charge in [0.05, 0.1) is 12.6 Å². The Morgan fingerprint density at radius 1 is 1.08 bits per heavy atom. The van der Waals surface area contributed by atoms with Crippen LogP contribution in [0.3, 0.4) is 0 Å². The van der Waals surface area contributed by atoms with Gasteiger partial charge in [-0.3, -0.25) is 9.69 Å². The van der Waals surface area contributed by atoms with Gasteiger partial charge in [-0.05, 0) is 48.9 Å². The maximum absolute atomic E-state index is 12.3. The van der Waals surface area contributed by atoms with Crippen LogP contribution in [-0.2, 0) is 4.79 Å². The van der Waals surface area contributed by atoms with Gasteiger partial charge < -0.3 is 15.3 Å². The van der Waals surface area contributed by atoms with Crippen molar-refractivity contribution in [2.45, 2.75) is 13.0 Å². The van der Waals surface area contributed by atoms with E-state index in [1.807, 2.05) is 43.3 Å². The molecule has 1 heterocycles. The van der Waals surface area contributed by atoms with E-state index in [1.165, 1.54) is 0 Å². The molecule has 1 fully saturated rings. The van der Waals surface area contributed by atoms with Gasteiger partial charge in [-0.25, -0.2) is 0 Å². The van der Waals surface area contributed by atoms with Gasteiger partial charge in [0.25, 0.3) is 0 Å². The molecule has 1 aliphatic rings. The number of anilines is 1. The van der Waals surface area contributed by atoms with E-state index in [1.54, 1.807) is 12.1 Å². The quantitative estimate of drug-likeness (QED) is 0.845. The third-order valence-electron chi connectivity index (χ3n) is 4.70. The Hall–Kier alpha value is -2.24. The number of halogens is 1. The van der Waals surface area contributed by atoms with E-state index in [-0.39, 0.29) is 17.7 Å². The van der Waals surface area contributed by atoms with Crippen LogP contribution in [0.1, 0.15) is 18.5 Å². The summed E-state index contributed by atoms with van der Waals surface area (Å²) in [6.07, 6.45) is 0. The first kappa shape index (κ1) is 18.5. The van der Waals surface area contributed by atoms with E-state index in [4.69, 9.17) is 11.6 Å². The molecule has 2 N–H and O–H groups in total. The average Bonchev–Trinajstić information content (AvgIpc) is 2.63. The molecule has 5 nitrogen and oxygen atoms in total. The van der Waals surface area contributed by atoms with E-state index >= 15 is 0 Å². The van der Waals surface area contributed by atoms with E-state index < -0.39 is 0 Å². The lowest BCUT2D eigenvalue weighted by Gasteiger charge is -2.35. The van der Waals surface area contributed by atoms with E-state index in [0.29, 0.717) is 11.6 Å². The highest BCUT2D eigenvalue weighted by atomic mass is 35.5. The minimum absolute atomic E-state index is 0.0329. The maximum Gasteiger partial charge on any atom is 0.234 e. The van der Waals surface area contributed by atoms with Crippen molar-refractivity contribution in [3.8, 4) is 5.75 Å². The van der Waals surface area contributed by atoms with Crippen molar-refractivity contribution in [1.82, 2.24) is 10.2 Å². The van der Waals surface area contributed by atoms with Crippen molar-refractivity contribution >= 4 is 23.2 Å². The summed E-state index contributed by atoms with van der Waals surface area (Å²) in [5.74, 6) is 0.310. The molecular formula is C20H24ClN3O2. The van der Waals surface area contributed by atoms with Gasteiger partial charge in [-0.15, -0.1) is 0 Å². The molecule has 1 saturated heterocycles. The number of nitrogens with one attached hydrogen (secondary N) is 1. The number of amides is 1. The summed E-state index contributed by atoms with van der Waals surface area (Å²) in [5, 5.41) is 13.1. The van der Waals surface area contributed by atoms with Gasteiger partial charge in [0.1, 0.15) is 5.75 Å². The van der Waals surface area contributed by atoms with Gasteiger partial charge in [0.2, 0.25) is 5.91 Å². The predicted octanol–water partition coefficient (Wildman–Crippen LogP) is 3.05. The van der Waals surface area contributed by atoms with Crippen LogP contribution >= 0.6 is 11.6 Å². The van der Waals surface area contributed by atoms with Crippen molar-refractivity contribution in [2.24, 2.45) is 0 Å². The standard InChI is InChI=1S/C20H24ClN3O2/c1-15(16-2-4-17(21)5-3-16)22-20(26)14-23-10-12-24(13-11-23)18-6-8-19(25)9-7-18/h2-9,15,25H,10-14H2,1H3,(H,22,26). The zero-order valence-electron chi connectivity index (χ0n) is 14.9. The van der Waals surface area contributed by atoms with Crippen LogP contribution in [0.2, 0.25) is 5.02 Å². The lowest BCUT2D eigenvalue weighted by atomic mass is 10.1. The Labute approximate surface area is 159 Å². The Kier molecular flexibility index (Phi) is 6.01. The normalized spacial score (nSPS) is 16.3. The first-order chi connectivity index (χ1) is 12.5. The fraction of sp³-hybridized carbons (Fsp3) is 0.350. The molecule has 0 aromatic heterocycles. The number of nitrogens with zero attached hydrogens (tertiary/aromatic N) is 2. The van der Waals surface area contributed by atoms with Crippen molar-refractivity contribution < 1.29 is 9.90 Å². The van der Waals surface area contributed by atoms with Gasteiger partial charge >= 0.3 is 0 Å². The zero-order chi connectivity index (χ0) is 18.5. The van der Waals surface area contributed by atoms with Gasteiger partial charge in [0, 0.05) is 36.9 Å². The topological polar surface area (TPSA) is 55.8 Å². The molecule has 26 heavy (non-hydrogen) atoms. The predicted molar refractivity (Wildman–Crippen MR) is 105 cm³/mol. The molecule has 0 radical (unpaired) electrons. The lowest BCUT2D eigenvalue weighted by molar-refractivity contribution is -0.123. The largest absolute Gasteiger partial charge is 0.508 e. The third kappa shape index (κ3) is 4.90. The molecule has 1 atom stereocenters. The van der Waals surface area contributed by atoms with Crippen LogP contribution in [0.5, 0.6) is 5.75 Å². The third-order valence-corrected chi connectivity index (χ3v) is 4.95. The van der Waals surface area contributed by atoms with Crippen molar-refractivity contribution in [3.05, 3.63) is 59.1 Å². The van der Waals surface area contributed by atoms with Gasteiger partial charge in [-0.2, -0.15) is 0 Å². The summed E-state index contributed by atoms with van der Waals surface area (Å²) in [6, 6.07) is 14.7. The highest BCUT2D eigenvalue weighted by Gasteiger charge is 2.20. The van der Waals surface area contributed by atoms with Crippen LogP contribution in [0.25, 0.3) is 0 Å². The molecule has 1 amide bonds. The molecule has 0 saturated carbocycles. The van der Waals surface area contributed by atoms with E-state index in [0.717, 1.165) is 37.4 Å². The number of benzene rings is 2. The number of carbonyl (C=O) groups is 1. The van der Waals surface area contributed by atoms with Crippen LogP contribution in [0.15, 0.2) is 48.5 Å². The highest BCUT2D eigenvalue weighted by molar-refractivity contribution is 6.30. The summed E-state index contributed by atoms with van der Waals surface area (Å²) in [7, 11) is 0. The summed E-state index contributed by atoms with van der Waals surface area (Å²) < 4.78 is 0. The summed E-state index contributed by atoms with van der Waals surface area (Å²) in [4.78, 5) is 16.8. The van der Waals surface area contributed by atoms with Crippen LogP contribution in [0, 0.1) is 0 Å². The summed E-state index contributed by atoms with van der Waals surface area (Å²) in [5.41, 5.74) is 2.14. The number of hydrogen-bond donors (Lipinski definition) is 2. The molecule has 2 aromatic carbocycles. The molecule has 3 rings (SSSR count). The molecular weight excluding hydrogens is 350 g/mol. The fourth-order valence-electron chi connectivity index (χ4n) is 3.15. The number of phenolic OH excluding ortho intramolecular Hbond substituents is 1. The summed E-state index contributed by atoms with van der Waals surface area (Å²) in [6.45, 7) is 5.79. The maximum atomic E-state index is 12.3. The Bertz CT molecular complexity index is 726. The van der Waals surface area contributed by atoms with Crippen molar-refractivity contribution in [1.29, 1.82) is 0 Å². The molecule has 1 aliphatic heterocycles. The van der Waals surface area contributed by atoms with Gasteiger partial charge in [-0.1, -0.05) is 23.7 Å². The second-order valence-corrected chi connectivity index (χ2v) is 7.06. The van der Waals surface area contributed by atoms with Gasteiger partial charge in [0.15, 0.2) is 0 Å². The molecule has 138 valence electrons. The summed E-state index contributed by atoms with van der Waals surface area (Å²) >= 11 is 5.90. The number of aromatic hydroxyl groups is 1. The van der Waals surface area contributed by atoms with Crippen molar-refractivity contribution in [2.75, 3.05) is 37.6 Å². The number of piperazine rings is 1. The van der Waals surface area contributed by atoms with E-state index in [9.17, 15) is 9.90 Å². The average molecular weight is 374 g/mol. The molecule has 0 aliphatic carbocycles. The second-order valence-electron chi connectivity index (χ2n) is 6.62.